The summed E-state index contributed by atoms with van der Waals surface area (Å²) in [4.78, 5) is 5.65. The van der Waals surface area contributed by atoms with Crippen LogP contribution in [0.1, 0.15) is 25.3 Å². The van der Waals surface area contributed by atoms with E-state index in [2.05, 4.69) is 62.9 Å². The molecule has 2 aromatic carbocycles. The second-order valence-corrected chi connectivity index (χ2v) is 6.77. The van der Waals surface area contributed by atoms with Crippen LogP contribution < -0.4 is 17.3 Å². The number of aliphatic hydroxyl groups is 1. The van der Waals surface area contributed by atoms with Gasteiger partial charge in [-0.2, -0.15) is 5.21 Å². The predicted octanol–water partition coefficient (Wildman–Crippen LogP) is -1.03. The van der Waals surface area contributed by atoms with Crippen LogP contribution in [0.25, 0.3) is 22.5 Å². The standard InChI is InChI=1S/C21H22N6O.ClH/c1-2-5-20-22-12-17(14-28)27(20)13-15-8-10-16(11-9-15)18-6-3-4-7-19(18)21-23-25-26-24-21;/h3-4,6-12,28H,2,5,13-14H2,1H3,(H,23,24,25,26);1H. The van der Waals surface area contributed by atoms with Gasteiger partial charge < -0.3 is 17.5 Å². The Morgan fingerprint density at radius 3 is 2.45 bits per heavy atom. The van der Waals surface area contributed by atoms with Gasteiger partial charge in [-0.15, -0.1) is 10.2 Å². The second kappa shape index (κ2) is 9.56. The van der Waals surface area contributed by atoms with Crippen LogP contribution >= 0.6 is 0 Å². The highest BCUT2D eigenvalue weighted by molar-refractivity contribution is 5.80. The number of benzene rings is 2. The molecule has 1 aromatic heterocycles. The van der Waals surface area contributed by atoms with Crippen LogP contribution in [0.3, 0.4) is 0 Å². The molecule has 150 valence electrons. The Morgan fingerprint density at radius 1 is 1.03 bits per heavy atom. The quantitative estimate of drug-likeness (QED) is 0.464. The molecule has 1 atom stereocenters. The summed E-state index contributed by atoms with van der Waals surface area (Å²) in [6.07, 6.45) is 3.78. The van der Waals surface area contributed by atoms with Gasteiger partial charge in [-0.05, 0) is 22.8 Å². The number of aromatic nitrogens is 4. The number of aromatic amines is 1. The molecule has 29 heavy (non-hydrogen) atoms. The van der Waals surface area contributed by atoms with Crippen molar-refractivity contribution in [2.45, 2.75) is 26.3 Å². The van der Waals surface area contributed by atoms with Gasteiger partial charge in [0.05, 0.1) is 6.20 Å². The summed E-state index contributed by atoms with van der Waals surface area (Å²) in [5.41, 5.74) is 5.22. The van der Waals surface area contributed by atoms with E-state index in [9.17, 15) is 5.11 Å². The molecule has 3 N–H and O–H groups in total. The molecule has 0 amide bonds. The first kappa shape index (κ1) is 20.9. The highest BCUT2D eigenvalue weighted by Gasteiger charge is 2.26. The number of halogens is 1. The lowest BCUT2D eigenvalue weighted by Gasteiger charge is -2.17. The van der Waals surface area contributed by atoms with Gasteiger partial charge >= 0.3 is 0 Å². The summed E-state index contributed by atoms with van der Waals surface area (Å²) in [5.74, 6) is 1.68. The first-order chi connectivity index (χ1) is 13.8. The summed E-state index contributed by atoms with van der Waals surface area (Å²) in [7, 11) is 0. The Balaban J connectivity index is 0.00000240. The van der Waals surface area contributed by atoms with Crippen LogP contribution in [0.2, 0.25) is 0 Å². The van der Waals surface area contributed by atoms with Gasteiger partial charge in [0.1, 0.15) is 13.2 Å². The number of tetrazole rings is 1. The minimum absolute atomic E-state index is 0. The topological polar surface area (TPSA) is 91.5 Å². The Labute approximate surface area is 175 Å². The van der Waals surface area contributed by atoms with Crippen molar-refractivity contribution in [2.75, 3.05) is 6.61 Å². The Morgan fingerprint density at radius 2 is 1.79 bits per heavy atom. The third-order valence-corrected chi connectivity index (χ3v) is 4.93. The van der Waals surface area contributed by atoms with Gasteiger partial charge in [0, 0.05) is 17.5 Å². The molecule has 0 fully saturated rings. The number of quaternary nitrogens is 1. The summed E-state index contributed by atoms with van der Waals surface area (Å²) in [5, 5.41) is 24.0. The smallest absolute Gasteiger partial charge is 0.206 e. The molecule has 1 aliphatic heterocycles. The molecule has 4 rings (SSSR count). The fourth-order valence-corrected chi connectivity index (χ4v) is 3.51. The third-order valence-electron chi connectivity index (χ3n) is 4.93. The van der Waals surface area contributed by atoms with Gasteiger partial charge in [-0.1, -0.05) is 55.5 Å². The van der Waals surface area contributed by atoms with E-state index in [0.717, 1.165) is 52.5 Å². The van der Waals surface area contributed by atoms with E-state index in [1.54, 1.807) is 6.20 Å². The molecule has 8 heteroatoms. The van der Waals surface area contributed by atoms with Crippen molar-refractivity contribution < 1.29 is 22.4 Å². The summed E-state index contributed by atoms with van der Waals surface area (Å²) >= 11 is 0. The van der Waals surface area contributed by atoms with Crippen molar-refractivity contribution in [3.05, 3.63) is 66.0 Å². The van der Waals surface area contributed by atoms with Crippen molar-refractivity contribution in [3.63, 3.8) is 0 Å². The second-order valence-electron chi connectivity index (χ2n) is 6.77. The first-order valence-corrected chi connectivity index (χ1v) is 9.45. The average Bonchev–Trinajstić information content (AvgIpc) is 3.40. The van der Waals surface area contributed by atoms with Crippen molar-refractivity contribution >= 4 is 5.84 Å². The molecular weight excluding hydrogens is 388 g/mol. The van der Waals surface area contributed by atoms with Crippen LogP contribution in [0, 0.1) is 0 Å². The number of amidine groups is 1. The number of aliphatic hydroxyl groups excluding tert-OH is 1. The molecule has 0 spiro atoms. The number of nitrogens with one attached hydrogen (secondary N) is 2. The zero-order valence-electron chi connectivity index (χ0n) is 16.1. The van der Waals surface area contributed by atoms with Crippen LogP contribution in [0.4, 0.5) is 0 Å². The zero-order valence-corrected chi connectivity index (χ0v) is 16.9. The monoisotopic (exact) mass is 410 g/mol. The van der Waals surface area contributed by atoms with Crippen molar-refractivity contribution in [3.8, 4) is 22.5 Å². The van der Waals surface area contributed by atoms with Gasteiger partial charge in [-0.25, -0.2) is 4.99 Å². The third kappa shape index (κ3) is 4.42. The molecule has 7 nitrogen and oxygen atoms in total. The van der Waals surface area contributed by atoms with E-state index in [1.165, 1.54) is 5.56 Å². The van der Waals surface area contributed by atoms with Crippen molar-refractivity contribution in [1.82, 2.24) is 20.6 Å². The number of aliphatic imine (C=N–C) groups is 1. The summed E-state index contributed by atoms with van der Waals surface area (Å²) in [6, 6.07) is 16.5. The lowest BCUT2D eigenvalue weighted by molar-refractivity contribution is -0.778. The van der Waals surface area contributed by atoms with E-state index in [-0.39, 0.29) is 19.0 Å². The normalized spacial score (nSPS) is 15.6. The molecule has 0 aliphatic carbocycles. The molecule has 3 aromatic rings. The molecule has 2 heterocycles. The SMILES string of the molecule is CCCC1=NC=C(CO)[NH+]1Cc1ccc(-c2ccccc2-c2nn[nH]n2)cc1.[Cl-]. The summed E-state index contributed by atoms with van der Waals surface area (Å²) < 4.78 is 0. The fourth-order valence-electron chi connectivity index (χ4n) is 3.51. The van der Waals surface area contributed by atoms with Crippen LogP contribution in [-0.4, -0.2) is 38.2 Å². The number of rotatable bonds is 7. The number of nitrogens with zero attached hydrogens (tertiary/aromatic N) is 4. The van der Waals surface area contributed by atoms with E-state index < -0.39 is 0 Å². The Kier molecular flexibility index (Phi) is 6.87. The zero-order chi connectivity index (χ0) is 19.3. The molecule has 0 saturated carbocycles. The average molecular weight is 411 g/mol. The van der Waals surface area contributed by atoms with Crippen molar-refractivity contribution in [1.29, 1.82) is 0 Å². The number of hydrogen-bond donors (Lipinski definition) is 3. The molecular formula is C21H23ClN6O. The van der Waals surface area contributed by atoms with Crippen molar-refractivity contribution in [2.24, 2.45) is 4.99 Å². The molecule has 0 bridgehead atoms. The lowest BCUT2D eigenvalue weighted by Crippen LogP contribution is -3.11. The maximum Gasteiger partial charge on any atom is 0.206 e. The van der Waals surface area contributed by atoms with E-state index in [1.807, 2.05) is 18.2 Å². The molecule has 0 radical (unpaired) electrons. The maximum absolute atomic E-state index is 9.63. The maximum atomic E-state index is 9.63. The van der Waals surface area contributed by atoms with E-state index in [4.69, 9.17) is 0 Å². The number of hydrogen-bond acceptors (Lipinski definition) is 5. The van der Waals surface area contributed by atoms with Crippen LogP contribution in [0.5, 0.6) is 0 Å². The predicted molar refractivity (Wildman–Crippen MR) is 107 cm³/mol. The highest BCUT2D eigenvalue weighted by Crippen LogP contribution is 2.29. The minimum atomic E-state index is 0. The first-order valence-electron chi connectivity index (χ1n) is 9.45. The molecule has 0 saturated heterocycles. The largest absolute Gasteiger partial charge is 1.00 e. The Bertz CT molecular complexity index is 998. The fraction of sp³-hybridized carbons (Fsp3) is 0.238. The van der Waals surface area contributed by atoms with Gasteiger partial charge in [0.15, 0.2) is 5.70 Å². The van der Waals surface area contributed by atoms with Gasteiger partial charge in [-0.3, -0.25) is 4.90 Å². The number of H-pyrrole nitrogens is 1. The van der Waals surface area contributed by atoms with Crippen LogP contribution in [0.15, 0.2) is 65.4 Å². The molecule has 1 unspecified atom stereocenters. The highest BCUT2D eigenvalue weighted by atomic mass is 35.5. The lowest BCUT2D eigenvalue weighted by atomic mass is 9.98. The Hall–Kier alpha value is -2.87. The van der Waals surface area contributed by atoms with E-state index in [0.29, 0.717) is 5.82 Å². The molecule has 1 aliphatic rings. The minimum Gasteiger partial charge on any atom is -1.00 e. The van der Waals surface area contributed by atoms with Gasteiger partial charge in [0.25, 0.3) is 0 Å². The summed E-state index contributed by atoms with van der Waals surface area (Å²) in [6.45, 7) is 2.95. The van der Waals surface area contributed by atoms with Crippen LogP contribution in [-0.2, 0) is 6.54 Å². The van der Waals surface area contributed by atoms with Gasteiger partial charge in [0.2, 0.25) is 11.7 Å². The van der Waals surface area contributed by atoms with E-state index >= 15 is 0 Å².